The standard InChI is InChI=1S/C21H20O3S/c1-17-12-14-20(15-13-17)25(22,23)24-21(19-10-6-3-7-11-19)16-18-8-4-2-5-9-18/h2-15,21H,16H2,1H3. The molecule has 0 bridgehead atoms. The minimum absolute atomic E-state index is 0.173. The summed E-state index contributed by atoms with van der Waals surface area (Å²) in [6, 6.07) is 25.9. The van der Waals surface area contributed by atoms with E-state index in [4.69, 9.17) is 4.18 Å². The van der Waals surface area contributed by atoms with Crippen molar-refractivity contribution < 1.29 is 12.6 Å². The van der Waals surface area contributed by atoms with E-state index in [-0.39, 0.29) is 4.90 Å². The Hall–Kier alpha value is -2.43. The van der Waals surface area contributed by atoms with E-state index in [0.29, 0.717) is 6.42 Å². The number of aryl methyl sites for hydroxylation is 1. The summed E-state index contributed by atoms with van der Waals surface area (Å²) in [7, 11) is -3.84. The Morgan fingerprint density at radius 2 is 1.36 bits per heavy atom. The van der Waals surface area contributed by atoms with E-state index in [1.54, 1.807) is 24.3 Å². The highest BCUT2D eigenvalue weighted by Crippen LogP contribution is 2.27. The first-order chi connectivity index (χ1) is 12.0. The summed E-state index contributed by atoms with van der Waals surface area (Å²) in [4.78, 5) is 0.173. The van der Waals surface area contributed by atoms with Crippen LogP contribution in [-0.2, 0) is 20.7 Å². The average molecular weight is 352 g/mol. The maximum absolute atomic E-state index is 12.7. The molecule has 0 fully saturated rings. The zero-order chi connectivity index (χ0) is 17.7. The van der Waals surface area contributed by atoms with Crippen LogP contribution >= 0.6 is 0 Å². The smallest absolute Gasteiger partial charge is 0.258 e. The zero-order valence-electron chi connectivity index (χ0n) is 14.0. The highest BCUT2D eigenvalue weighted by Gasteiger charge is 2.23. The third kappa shape index (κ3) is 4.56. The summed E-state index contributed by atoms with van der Waals surface area (Å²) < 4.78 is 31.0. The topological polar surface area (TPSA) is 43.4 Å². The van der Waals surface area contributed by atoms with Crippen molar-refractivity contribution in [1.29, 1.82) is 0 Å². The van der Waals surface area contributed by atoms with Crippen molar-refractivity contribution in [3.05, 3.63) is 102 Å². The molecule has 128 valence electrons. The van der Waals surface area contributed by atoms with Gasteiger partial charge in [-0.15, -0.1) is 0 Å². The second-order valence-corrected chi connectivity index (χ2v) is 7.52. The fourth-order valence-corrected chi connectivity index (χ4v) is 3.68. The van der Waals surface area contributed by atoms with Crippen molar-refractivity contribution in [2.45, 2.75) is 24.3 Å². The Balaban J connectivity index is 1.90. The van der Waals surface area contributed by atoms with E-state index >= 15 is 0 Å². The molecule has 1 atom stereocenters. The molecule has 0 aliphatic heterocycles. The minimum atomic E-state index is -3.84. The van der Waals surface area contributed by atoms with Gasteiger partial charge in [0, 0.05) is 6.42 Å². The molecule has 0 aromatic heterocycles. The SMILES string of the molecule is Cc1ccc(S(=O)(=O)OC(Cc2ccccc2)c2ccccc2)cc1. The van der Waals surface area contributed by atoms with Gasteiger partial charge in [-0.1, -0.05) is 78.4 Å². The Bertz CT molecular complexity index is 902. The van der Waals surface area contributed by atoms with Gasteiger partial charge in [0.1, 0.15) is 6.10 Å². The number of hydrogen-bond donors (Lipinski definition) is 0. The molecule has 0 aliphatic rings. The lowest BCUT2D eigenvalue weighted by Gasteiger charge is -2.18. The lowest BCUT2D eigenvalue weighted by atomic mass is 10.0. The molecular weight excluding hydrogens is 332 g/mol. The van der Waals surface area contributed by atoms with Gasteiger partial charge in [-0.25, -0.2) is 0 Å². The summed E-state index contributed by atoms with van der Waals surface area (Å²) >= 11 is 0. The van der Waals surface area contributed by atoms with E-state index in [1.807, 2.05) is 67.6 Å². The minimum Gasteiger partial charge on any atom is -0.258 e. The van der Waals surface area contributed by atoms with Crippen molar-refractivity contribution in [3.63, 3.8) is 0 Å². The highest BCUT2D eigenvalue weighted by molar-refractivity contribution is 7.86. The van der Waals surface area contributed by atoms with Crippen LogP contribution < -0.4 is 0 Å². The Labute approximate surface area is 149 Å². The lowest BCUT2D eigenvalue weighted by molar-refractivity contribution is 0.214. The van der Waals surface area contributed by atoms with Crippen LogP contribution in [0.2, 0.25) is 0 Å². The summed E-state index contributed by atoms with van der Waals surface area (Å²) in [6.45, 7) is 1.92. The number of rotatable bonds is 6. The highest BCUT2D eigenvalue weighted by atomic mass is 32.2. The van der Waals surface area contributed by atoms with E-state index in [9.17, 15) is 8.42 Å². The second kappa shape index (κ2) is 7.64. The monoisotopic (exact) mass is 352 g/mol. The van der Waals surface area contributed by atoms with Gasteiger partial charge in [0.05, 0.1) is 4.90 Å². The molecule has 0 N–H and O–H groups in total. The van der Waals surface area contributed by atoms with Crippen molar-refractivity contribution >= 4 is 10.1 Å². The van der Waals surface area contributed by atoms with Crippen LogP contribution in [0.3, 0.4) is 0 Å². The molecule has 0 amide bonds. The van der Waals surface area contributed by atoms with Crippen LogP contribution in [-0.4, -0.2) is 8.42 Å². The van der Waals surface area contributed by atoms with Gasteiger partial charge in [-0.2, -0.15) is 8.42 Å². The van der Waals surface area contributed by atoms with Gasteiger partial charge in [0.15, 0.2) is 0 Å². The van der Waals surface area contributed by atoms with Gasteiger partial charge in [-0.3, -0.25) is 4.18 Å². The molecule has 1 unspecified atom stereocenters. The van der Waals surface area contributed by atoms with Crippen LogP contribution in [0.1, 0.15) is 22.8 Å². The predicted octanol–water partition coefficient (Wildman–Crippen LogP) is 4.68. The maximum atomic E-state index is 12.7. The van der Waals surface area contributed by atoms with Crippen molar-refractivity contribution in [1.82, 2.24) is 0 Å². The number of benzene rings is 3. The molecule has 0 saturated heterocycles. The number of hydrogen-bond acceptors (Lipinski definition) is 3. The quantitative estimate of drug-likeness (QED) is 0.605. The van der Waals surface area contributed by atoms with Gasteiger partial charge in [-0.05, 0) is 30.2 Å². The van der Waals surface area contributed by atoms with Gasteiger partial charge in [0.2, 0.25) is 0 Å². The third-order valence-corrected chi connectivity index (χ3v) is 5.32. The summed E-state index contributed by atoms with van der Waals surface area (Å²) in [5, 5.41) is 0. The Morgan fingerprint density at radius 3 is 1.96 bits per heavy atom. The van der Waals surface area contributed by atoms with Crippen LogP contribution in [0.4, 0.5) is 0 Å². The van der Waals surface area contributed by atoms with E-state index < -0.39 is 16.2 Å². The second-order valence-electron chi connectivity index (χ2n) is 5.95. The van der Waals surface area contributed by atoms with E-state index in [0.717, 1.165) is 16.7 Å². The van der Waals surface area contributed by atoms with Crippen molar-refractivity contribution in [3.8, 4) is 0 Å². The first-order valence-electron chi connectivity index (χ1n) is 8.13. The normalized spacial score (nSPS) is 12.7. The predicted molar refractivity (Wildman–Crippen MR) is 98.8 cm³/mol. The summed E-state index contributed by atoms with van der Waals surface area (Å²) in [6.07, 6.45) is -0.0921. The van der Waals surface area contributed by atoms with E-state index in [1.165, 1.54) is 0 Å². The van der Waals surface area contributed by atoms with Crippen LogP contribution in [0.15, 0.2) is 89.8 Å². The molecule has 0 aliphatic carbocycles. The summed E-state index contributed by atoms with van der Waals surface area (Å²) in [5.74, 6) is 0. The van der Waals surface area contributed by atoms with E-state index in [2.05, 4.69) is 0 Å². The van der Waals surface area contributed by atoms with Crippen molar-refractivity contribution in [2.24, 2.45) is 0 Å². The molecule has 0 radical (unpaired) electrons. The Kier molecular flexibility index (Phi) is 5.31. The third-order valence-electron chi connectivity index (χ3n) is 3.99. The average Bonchev–Trinajstić information content (AvgIpc) is 2.63. The molecule has 3 aromatic carbocycles. The van der Waals surface area contributed by atoms with Crippen LogP contribution in [0.25, 0.3) is 0 Å². The van der Waals surface area contributed by atoms with Crippen LogP contribution in [0.5, 0.6) is 0 Å². The molecule has 0 heterocycles. The molecule has 0 saturated carbocycles. The molecule has 3 rings (SSSR count). The Morgan fingerprint density at radius 1 is 0.800 bits per heavy atom. The van der Waals surface area contributed by atoms with Crippen LogP contribution in [0, 0.1) is 6.92 Å². The fourth-order valence-electron chi connectivity index (χ4n) is 2.62. The fraction of sp³-hybridized carbons (Fsp3) is 0.143. The van der Waals surface area contributed by atoms with Gasteiger partial charge in [0.25, 0.3) is 10.1 Å². The molecule has 4 heteroatoms. The van der Waals surface area contributed by atoms with Gasteiger partial charge >= 0.3 is 0 Å². The van der Waals surface area contributed by atoms with Gasteiger partial charge < -0.3 is 0 Å². The molecular formula is C21H20O3S. The molecule has 25 heavy (non-hydrogen) atoms. The maximum Gasteiger partial charge on any atom is 0.297 e. The molecule has 3 aromatic rings. The molecule has 0 spiro atoms. The lowest BCUT2D eigenvalue weighted by Crippen LogP contribution is -2.14. The van der Waals surface area contributed by atoms with Crippen molar-refractivity contribution in [2.75, 3.05) is 0 Å². The first kappa shape index (κ1) is 17.4. The summed E-state index contributed by atoms with van der Waals surface area (Å²) in [5.41, 5.74) is 2.86. The zero-order valence-corrected chi connectivity index (χ0v) is 14.8. The molecule has 3 nitrogen and oxygen atoms in total. The first-order valence-corrected chi connectivity index (χ1v) is 9.54. The largest absolute Gasteiger partial charge is 0.297 e.